The molecule has 1 atom stereocenters. The summed E-state index contributed by atoms with van der Waals surface area (Å²) in [4.78, 5) is 11.8. The summed E-state index contributed by atoms with van der Waals surface area (Å²) in [5.41, 5.74) is -0.792. The maximum Gasteiger partial charge on any atom is 0.325 e. The van der Waals surface area contributed by atoms with E-state index >= 15 is 0 Å². The normalized spacial score (nSPS) is 13.6. The van der Waals surface area contributed by atoms with Crippen molar-refractivity contribution >= 4 is 5.97 Å². The van der Waals surface area contributed by atoms with Crippen molar-refractivity contribution in [1.82, 2.24) is 5.32 Å². The monoisotopic (exact) mass is 301 g/mol. The number of hydrogen-bond donors (Lipinski definition) is 1. The molecular formula is C15H21F2NO3. The van der Waals surface area contributed by atoms with Gasteiger partial charge in [-0.25, -0.2) is 8.78 Å². The van der Waals surface area contributed by atoms with Crippen LogP contribution in [0.15, 0.2) is 18.2 Å². The molecule has 0 amide bonds. The van der Waals surface area contributed by atoms with Crippen LogP contribution in [-0.4, -0.2) is 31.8 Å². The van der Waals surface area contributed by atoms with Crippen LogP contribution in [0.4, 0.5) is 8.78 Å². The Morgan fingerprint density at radius 1 is 1.29 bits per heavy atom. The molecule has 0 aliphatic heterocycles. The number of benzene rings is 1. The molecule has 0 spiro atoms. The third-order valence-corrected chi connectivity index (χ3v) is 3.13. The second-order valence-electron chi connectivity index (χ2n) is 4.91. The molecule has 0 saturated heterocycles. The summed E-state index contributed by atoms with van der Waals surface area (Å²) in [5, 5.41) is 3.08. The maximum atomic E-state index is 13.0. The minimum atomic E-state index is -0.792. The number of carbonyl (C=O) groups excluding carboxylic acids is 1. The zero-order valence-electron chi connectivity index (χ0n) is 12.5. The van der Waals surface area contributed by atoms with Crippen LogP contribution in [0.5, 0.6) is 5.75 Å². The van der Waals surface area contributed by atoms with Gasteiger partial charge in [-0.05, 0) is 26.3 Å². The van der Waals surface area contributed by atoms with Gasteiger partial charge in [-0.15, -0.1) is 0 Å². The Morgan fingerprint density at radius 3 is 2.43 bits per heavy atom. The molecule has 0 aliphatic carbocycles. The highest BCUT2D eigenvalue weighted by atomic mass is 19.1. The smallest absolute Gasteiger partial charge is 0.325 e. The second kappa shape index (κ2) is 7.93. The van der Waals surface area contributed by atoms with Gasteiger partial charge >= 0.3 is 5.97 Å². The summed E-state index contributed by atoms with van der Waals surface area (Å²) in [5.74, 6) is -1.58. The number of hydrogen-bond acceptors (Lipinski definition) is 4. The van der Waals surface area contributed by atoms with Gasteiger partial charge in [-0.3, -0.25) is 4.79 Å². The van der Waals surface area contributed by atoms with Crippen molar-refractivity contribution in [3.05, 3.63) is 29.8 Å². The molecule has 21 heavy (non-hydrogen) atoms. The molecule has 0 bridgehead atoms. The highest BCUT2D eigenvalue weighted by Gasteiger charge is 2.32. The molecule has 1 aromatic carbocycles. The molecule has 6 heteroatoms. The zero-order valence-corrected chi connectivity index (χ0v) is 12.5. The van der Waals surface area contributed by atoms with Crippen molar-refractivity contribution in [2.24, 2.45) is 0 Å². The number of methoxy groups -OCH3 is 1. The Morgan fingerprint density at radius 2 is 1.90 bits per heavy atom. The first-order valence-electron chi connectivity index (χ1n) is 6.83. The van der Waals surface area contributed by atoms with Gasteiger partial charge in [-0.2, -0.15) is 0 Å². The first-order chi connectivity index (χ1) is 9.91. The maximum absolute atomic E-state index is 13.0. The van der Waals surface area contributed by atoms with Crippen molar-refractivity contribution in [3.8, 4) is 5.75 Å². The molecule has 0 aromatic heterocycles. The van der Waals surface area contributed by atoms with Crippen LogP contribution in [0.3, 0.4) is 0 Å². The highest BCUT2D eigenvalue weighted by molar-refractivity contribution is 5.80. The predicted molar refractivity (Wildman–Crippen MR) is 75.2 cm³/mol. The van der Waals surface area contributed by atoms with Crippen LogP contribution in [0, 0.1) is 11.6 Å². The van der Waals surface area contributed by atoms with Crippen molar-refractivity contribution in [3.63, 3.8) is 0 Å². The third-order valence-electron chi connectivity index (χ3n) is 3.13. The van der Waals surface area contributed by atoms with Crippen LogP contribution in [0.1, 0.15) is 26.7 Å². The molecule has 0 fully saturated rings. The van der Waals surface area contributed by atoms with E-state index in [4.69, 9.17) is 9.47 Å². The van der Waals surface area contributed by atoms with Crippen molar-refractivity contribution in [2.75, 3.05) is 20.3 Å². The molecule has 1 N–H and O–H groups in total. The van der Waals surface area contributed by atoms with E-state index in [9.17, 15) is 13.6 Å². The van der Waals surface area contributed by atoms with Gasteiger partial charge in [0.15, 0.2) is 0 Å². The van der Waals surface area contributed by atoms with Crippen LogP contribution in [0.25, 0.3) is 0 Å². The lowest BCUT2D eigenvalue weighted by molar-refractivity contribution is -0.148. The Balaban J connectivity index is 2.49. The van der Waals surface area contributed by atoms with Crippen LogP contribution in [0.2, 0.25) is 0 Å². The van der Waals surface area contributed by atoms with Crippen LogP contribution in [-0.2, 0) is 9.53 Å². The summed E-state index contributed by atoms with van der Waals surface area (Å²) in [6, 6.07) is 3.02. The van der Waals surface area contributed by atoms with E-state index in [0.717, 1.165) is 18.2 Å². The second-order valence-corrected chi connectivity index (χ2v) is 4.91. The first-order valence-corrected chi connectivity index (χ1v) is 6.83. The lowest BCUT2D eigenvalue weighted by atomic mass is 9.96. The fourth-order valence-electron chi connectivity index (χ4n) is 2.11. The highest BCUT2D eigenvalue weighted by Crippen LogP contribution is 2.18. The number of ether oxygens (including phenoxy) is 2. The SMILES string of the molecule is CCNC(C)(CCCOc1cc(F)cc(F)c1)C(=O)OC. The van der Waals surface area contributed by atoms with Gasteiger partial charge in [0.25, 0.3) is 0 Å². The fraction of sp³-hybridized carbons (Fsp3) is 0.533. The van der Waals surface area contributed by atoms with E-state index in [-0.39, 0.29) is 18.3 Å². The van der Waals surface area contributed by atoms with Gasteiger partial charge in [0.05, 0.1) is 13.7 Å². The van der Waals surface area contributed by atoms with Gasteiger partial charge in [0.1, 0.15) is 22.9 Å². The summed E-state index contributed by atoms with van der Waals surface area (Å²) in [6.07, 6.45) is 1.03. The first kappa shape index (κ1) is 17.4. The number of nitrogens with one attached hydrogen (secondary N) is 1. The summed E-state index contributed by atoms with van der Waals surface area (Å²) in [6.45, 7) is 4.53. The van der Waals surface area contributed by atoms with Crippen molar-refractivity contribution < 1.29 is 23.0 Å². The standard InChI is InChI=1S/C15H21F2NO3/c1-4-18-15(2,14(19)20-3)6-5-7-21-13-9-11(16)8-12(17)10-13/h8-10,18H,4-7H2,1-3H3. The lowest BCUT2D eigenvalue weighted by Gasteiger charge is -2.27. The van der Waals surface area contributed by atoms with Crippen LogP contribution >= 0.6 is 0 Å². The minimum Gasteiger partial charge on any atom is -0.493 e. The molecular weight excluding hydrogens is 280 g/mol. The van der Waals surface area contributed by atoms with Crippen molar-refractivity contribution in [1.29, 1.82) is 0 Å². The molecule has 0 saturated carbocycles. The molecule has 4 nitrogen and oxygen atoms in total. The fourth-order valence-corrected chi connectivity index (χ4v) is 2.11. The molecule has 0 heterocycles. The Bertz CT molecular complexity index is 462. The topological polar surface area (TPSA) is 47.6 Å². The largest absolute Gasteiger partial charge is 0.493 e. The number of carbonyl (C=O) groups is 1. The number of rotatable bonds is 8. The van der Waals surface area contributed by atoms with Gasteiger partial charge in [0.2, 0.25) is 0 Å². The van der Waals surface area contributed by atoms with E-state index in [1.165, 1.54) is 7.11 Å². The molecule has 118 valence electrons. The zero-order chi connectivity index (χ0) is 15.9. The average Bonchev–Trinajstić information content (AvgIpc) is 2.42. The van der Waals surface area contributed by atoms with E-state index in [1.54, 1.807) is 6.92 Å². The molecule has 1 aromatic rings. The van der Waals surface area contributed by atoms with Crippen molar-refractivity contribution in [2.45, 2.75) is 32.2 Å². The summed E-state index contributed by atoms with van der Waals surface area (Å²) >= 11 is 0. The van der Waals surface area contributed by atoms with E-state index < -0.39 is 17.2 Å². The van der Waals surface area contributed by atoms with E-state index in [1.807, 2.05) is 6.92 Å². The quantitative estimate of drug-likeness (QED) is 0.592. The third kappa shape index (κ3) is 5.30. The predicted octanol–water partition coefficient (Wildman–Crippen LogP) is 2.67. The Labute approximate surface area is 123 Å². The number of likely N-dealkylation sites (N-methyl/N-ethyl adjacent to an activating group) is 1. The molecule has 1 unspecified atom stereocenters. The molecule has 0 aliphatic rings. The lowest BCUT2D eigenvalue weighted by Crippen LogP contribution is -2.50. The Hall–Kier alpha value is -1.69. The van der Waals surface area contributed by atoms with Crippen LogP contribution < -0.4 is 10.1 Å². The molecule has 1 rings (SSSR count). The number of esters is 1. The van der Waals surface area contributed by atoms with E-state index in [0.29, 0.717) is 19.4 Å². The van der Waals surface area contributed by atoms with Gasteiger partial charge in [-0.1, -0.05) is 6.92 Å². The van der Waals surface area contributed by atoms with E-state index in [2.05, 4.69) is 5.32 Å². The average molecular weight is 301 g/mol. The van der Waals surface area contributed by atoms with Gasteiger partial charge < -0.3 is 14.8 Å². The Kier molecular flexibility index (Phi) is 6.55. The van der Waals surface area contributed by atoms with Gasteiger partial charge in [0, 0.05) is 18.2 Å². The summed E-state index contributed by atoms with van der Waals surface area (Å²) in [7, 11) is 1.34. The molecule has 0 radical (unpaired) electrons. The minimum absolute atomic E-state index is 0.135. The summed E-state index contributed by atoms with van der Waals surface area (Å²) < 4.78 is 36.0. The number of halogens is 2.